The molecule has 2 nitrogen and oxygen atoms in total. The second-order valence-corrected chi connectivity index (χ2v) is 30.6. The Morgan fingerprint density at radius 2 is 0.436 bits per heavy atom. The van der Waals surface area contributed by atoms with Gasteiger partial charge in [0.1, 0.15) is 0 Å². The fourth-order valence-corrected chi connectivity index (χ4v) is 21.3. The van der Waals surface area contributed by atoms with Gasteiger partial charge in [-0.25, -0.2) is 0 Å². The van der Waals surface area contributed by atoms with Gasteiger partial charge >= 0.3 is 0 Å². The van der Waals surface area contributed by atoms with Crippen LogP contribution in [0, 0.1) is 0 Å². The van der Waals surface area contributed by atoms with Crippen LogP contribution >= 0.6 is 0 Å². The quantitative estimate of drug-likeness (QED) is 0.141. The summed E-state index contributed by atoms with van der Waals surface area (Å²) >= 11 is 0. The molecule has 0 atom stereocenters. The van der Waals surface area contributed by atoms with Gasteiger partial charge < -0.3 is 9.13 Å². The van der Waals surface area contributed by atoms with Gasteiger partial charge in [-0.1, -0.05) is 303 Å². The Hall–Kier alpha value is -14.4. The van der Waals surface area contributed by atoms with Gasteiger partial charge in [-0.15, -0.1) is 0 Å². The SMILES string of the molecule is c1ccc(-c2c3cc4c5ccccc5c5cccc(c3c(-c3ccccc3)c3c6cc7c8ccccc8n(-c8ccc(-c9cccc%10c%11cc%12c(-c%13ccccc%13)c%13c%14cc%15c%16ccccc%16n(-c%16ccccc%16)c%15c%15cccc(c%13c(-c%13ccccc%13)c%12c%12cccc(c9%10)c%11%12)c%14%15)cc8)c7c7cccc(c23)c67)c54)cc1. The van der Waals surface area contributed by atoms with E-state index in [1.54, 1.807) is 0 Å². The molecular formula is C108H60N2. The molecule has 24 aromatic carbocycles. The molecule has 0 spiro atoms. The minimum atomic E-state index is 1.13. The van der Waals surface area contributed by atoms with E-state index in [1.165, 1.54) is 250 Å². The number of aromatic nitrogens is 2. The Kier molecular flexibility index (Phi) is 11.6. The van der Waals surface area contributed by atoms with E-state index in [0.717, 1.165) is 11.4 Å². The van der Waals surface area contributed by atoms with Crippen molar-refractivity contribution >= 4 is 194 Å². The third-order valence-corrected chi connectivity index (χ3v) is 25.4. The molecule has 502 valence electrons. The summed E-state index contributed by atoms with van der Waals surface area (Å²) in [5.74, 6) is 0. The summed E-state index contributed by atoms with van der Waals surface area (Å²) in [6, 6.07) is 138. The van der Waals surface area contributed by atoms with Gasteiger partial charge in [0, 0.05) is 43.7 Å². The van der Waals surface area contributed by atoms with Gasteiger partial charge in [0.05, 0.1) is 22.1 Å². The summed E-state index contributed by atoms with van der Waals surface area (Å²) in [6.07, 6.45) is 0. The summed E-state index contributed by atoms with van der Waals surface area (Å²) in [4.78, 5) is 0. The third-order valence-electron chi connectivity index (χ3n) is 25.4. The first-order valence-corrected chi connectivity index (χ1v) is 38.5. The van der Waals surface area contributed by atoms with E-state index in [9.17, 15) is 0 Å². The second-order valence-electron chi connectivity index (χ2n) is 30.6. The first kappa shape index (κ1) is 58.8. The lowest BCUT2D eigenvalue weighted by molar-refractivity contribution is 1.19. The number of benzene rings is 20. The average molecular weight is 1390 g/mol. The molecule has 0 bridgehead atoms. The molecule has 0 fully saturated rings. The van der Waals surface area contributed by atoms with E-state index in [1.807, 2.05) is 0 Å². The Balaban J connectivity index is 0.717. The van der Waals surface area contributed by atoms with Gasteiger partial charge in [0.15, 0.2) is 0 Å². The van der Waals surface area contributed by atoms with Crippen LogP contribution in [0.15, 0.2) is 364 Å². The van der Waals surface area contributed by atoms with E-state index in [2.05, 4.69) is 373 Å². The molecule has 0 aliphatic heterocycles. The first-order chi connectivity index (χ1) is 54.7. The van der Waals surface area contributed by atoms with Crippen LogP contribution in [0.4, 0.5) is 0 Å². The zero-order valence-electron chi connectivity index (χ0n) is 59.5. The molecule has 26 rings (SSSR count). The highest BCUT2D eigenvalue weighted by Gasteiger charge is 2.32. The fourth-order valence-electron chi connectivity index (χ4n) is 21.3. The van der Waals surface area contributed by atoms with Crippen molar-refractivity contribution in [3.05, 3.63) is 364 Å². The highest BCUT2D eigenvalue weighted by Crippen LogP contribution is 2.60. The highest BCUT2D eigenvalue weighted by atomic mass is 15.0. The monoisotopic (exact) mass is 1380 g/mol. The van der Waals surface area contributed by atoms with Crippen LogP contribution in [0.3, 0.4) is 0 Å². The van der Waals surface area contributed by atoms with Crippen LogP contribution in [0.25, 0.3) is 261 Å². The van der Waals surface area contributed by atoms with Crippen LogP contribution in [0.2, 0.25) is 0 Å². The molecule has 0 aliphatic rings. The number of rotatable bonds is 7. The van der Waals surface area contributed by atoms with Crippen LogP contribution < -0.4 is 0 Å². The molecule has 0 saturated carbocycles. The molecule has 0 unspecified atom stereocenters. The van der Waals surface area contributed by atoms with Crippen molar-refractivity contribution in [3.63, 3.8) is 0 Å². The smallest absolute Gasteiger partial charge is 0.0620 e. The minimum Gasteiger partial charge on any atom is -0.309 e. The Bertz CT molecular complexity index is 8450. The van der Waals surface area contributed by atoms with Gasteiger partial charge in [0.25, 0.3) is 0 Å². The number of hydrogen-bond donors (Lipinski definition) is 0. The maximum atomic E-state index is 2.59. The van der Waals surface area contributed by atoms with Crippen LogP contribution in [0.5, 0.6) is 0 Å². The van der Waals surface area contributed by atoms with Crippen molar-refractivity contribution in [1.82, 2.24) is 9.13 Å². The lowest BCUT2D eigenvalue weighted by Crippen LogP contribution is -1.94. The number of nitrogens with zero attached hydrogens (tertiary/aromatic N) is 2. The normalized spacial score (nSPS) is 12.5. The van der Waals surface area contributed by atoms with Crippen LogP contribution in [0.1, 0.15) is 0 Å². The molecule has 26 aromatic rings. The van der Waals surface area contributed by atoms with Crippen LogP contribution in [-0.4, -0.2) is 9.13 Å². The molecular weight excluding hydrogens is 1330 g/mol. The van der Waals surface area contributed by atoms with Crippen molar-refractivity contribution in [3.8, 4) is 67.0 Å². The molecule has 2 heteroatoms. The number of para-hydroxylation sites is 3. The second kappa shape index (κ2) is 21.6. The van der Waals surface area contributed by atoms with E-state index >= 15 is 0 Å². The molecule has 2 heterocycles. The van der Waals surface area contributed by atoms with Gasteiger partial charge in [-0.05, 0) is 256 Å². The molecule has 0 aliphatic carbocycles. The van der Waals surface area contributed by atoms with E-state index < -0.39 is 0 Å². The summed E-state index contributed by atoms with van der Waals surface area (Å²) in [5.41, 5.74) is 19.5. The molecule has 0 N–H and O–H groups in total. The van der Waals surface area contributed by atoms with Crippen molar-refractivity contribution in [2.45, 2.75) is 0 Å². The zero-order chi connectivity index (χ0) is 71.3. The largest absolute Gasteiger partial charge is 0.309 e. The molecule has 110 heavy (non-hydrogen) atoms. The Morgan fingerprint density at radius 3 is 0.927 bits per heavy atom. The molecule has 2 aromatic heterocycles. The minimum absolute atomic E-state index is 1.13. The van der Waals surface area contributed by atoms with E-state index in [-0.39, 0.29) is 0 Å². The highest BCUT2D eigenvalue weighted by molar-refractivity contribution is 6.49. The lowest BCUT2D eigenvalue weighted by Gasteiger charge is -2.19. The first-order valence-electron chi connectivity index (χ1n) is 38.5. The van der Waals surface area contributed by atoms with Crippen molar-refractivity contribution in [1.29, 1.82) is 0 Å². The summed E-state index contributed by atoms with van der Waals surface area (Å²) in [5, 5.41) is 41.1. The topological polar surface area (TPSA) is 9.86 Å². The predicted molar refractivity (Wildman–Crippen MR) is 472 cm³/mol. The third kappa shape index (κ3) is 7.52. The standard InChI is InChI=1S/C108H60N2/c1-6-27-62(28-7-1)92-86-57-82-70-38-17-16-37-69(70)73-42-23-45-76(97(73)82)101(86)95(65-33-12-4-13-34-65)106-89-60-85-72-40-19-21-52-91(72)110(108(85)80-49-25-47-78(99(80)89)103(92)106)67-55-53-61(54-56-67)68-41-22-43-74-83-58-87-93(63-29-8-2-9-30-63)105-88-59-84-71-39-18-20-51-90(71)109(66-35-14-5-15-36-66)107(84)81-50-26-48-79(100(81)88)104(105)94(64-31-10-3-11-32-64)102(87)77-46-24-44-75(96(68)74)98(77)83/h1-60H. The molecule has 0 amide bonds. The van der Waals surface area contributed by atoms with Crippen molar-refractivity contribution in [2.24, 2.45) is 0 Å². The van der Waals surface area contributed by atoms with Crippen LogP contribution in [-0.2, 0) is 0 Å². The fraction of sp³-hybridized carbons (Fsp3) is 0. The maximum absolute atomic E-state index is 2.59. The van der Waals surface area contributed by atoms with E-state index in [0.29, 0.717) is 0 Å². The van der Waals surface area contributed by atoms with Gasteiger partial charge in [-0.2, -0.15) is 0 Å². The summed E-state index contributed by atoms with van der Waals surface area (Å²) in [6.45, 7) is 0. The van der Waals surface area contributed by atoms with Crippen molar-refractivity contribution in [2.75, 3.05) is 0 Å². The summed E-state index contributed by atoms with van der Waals surface area (Å²) < 4.78 is 5.06. The average Bonchev–Trinajstić information content (AvgIpc) is 1.50. The van der Waals surface area contributed by atoms with Gasteiger partial charge in [0.2, 0.25) is 0 Å². The Labute approximate surface area is 630 Å². The number of hydrogen-bond acceptors (Lipinski definition) is 0. The predicted octanol–water partition coefficient (Wildman–Crippen LogP) is 30.1. The lowest BCUT2D eigenvalue weighted by atomic mass is 9.84. The summed E-state index contributed by atoms with van der Waals surface area (Å²) in [7, 11) is 0. The van der Waals surface area contributed by atoms with Gasteiger partial charge in [-0.3, -0.25) is 0 Å². The molecule has 0 saturated heterocycles. The zero-order valence-corrected chi connectivity index (χ0v) is 59.5. The maximum Gasteiger partial charge on any atom is 0.0620 e. The molecule has 0 radical (unpaired) electrons. The number of fused-ring (bicyclic) bond motifs is 24. The Morgan fingerprint density at radius 1 is 0.136 bits per heavy atom. The van der Waals surface area contributed by atoms with E-state index in [4.69, 9.17) is 0 Å². The van der Waals surface area contributed by atoms with Crippen molar-refractivity contribution < 1.29 is 0 Å².